The summed E-state index contributed by atoms with van der Waals surface area (Å²) in [4.78, 5) is 43.0. The molecule has 0 aliphatic rings. The first-order valence-electron chi connectivity index (χ1n) is 40.3. The summed E-state index contributed by atoms with van der Waals surface area (Å²) < 4.78 is 0. The fourth-order valence-corrected chi connectivity index (χ4v) is 17.5. The summed E-state index contributed by atoms with van der Waals surface area (Å²) in [5.74, 6) is 0. The van der Waals surface area contributed by atoms with Gasteiger partial charge in [-0.05, 0) is 137 Å². The van der Waals surface area contributed by atoms with E-state index in [0.29, 0.717) is 0 Å². The van der Waals surface area contributed by atoms with Gasteiger partial charge in [0.25, 0.3) is 0 Å². The third-order valence-electron chi connectivity index (χ3n) is 23.3. The smallest absolute Gasteiger partial charge is 0.0892 e. The van der Waals surface area contributed by atoms with Crippen molar-refractivity contribution in [2.45, 2.75) is 0 Å². The highest BCUT2D eigenvalue weighted by molar-refractivity contribution is 6.25. The topological polar surface area (TPSA) is 116 Å². The van der Waals surface area contributed by atoms with Gasteiger partial charge in [-0.25, -0.2) is 15.0 Å². The van der Waals surface area contributed by atoms with Crippen molar-refractivity contribution >= 4 is 130 Å². The summed E-state index contributed by atoms with van der Waals surface area (Å²) in [6, 6.07) is 132. The average molecular weight is 1530 g/mol. The highest BCUT2D eigenvalue weighted by Gasteiger charge is 2.21. The van der Waals surface area contributed by atoms with Gasteiger partial charge in [-0.1, -0.05) is 315 Å². The zero-order valence-corrected chi connectivity index (χ0v) is 64.9. The van der Waals surface area contributed by atoms with E-state index < -0.39 is 0 Å². The molecule has 9 nitrogen and oxygen atoms in total. The predicted molar refractivity (Wildman–Crippen MR) is 498 cm³/mol. The van der Waals surface area contributed by atoms with Crippen molar-refractivity contribution in [2.24, 2.45) is 0 Å². The number of hydrogen-bond acceptors (Lipinski definition) is 9. The molecule has 0 aliphatic carbocycles. The second kappa shape index (κ2) is 30.2. The van der Waals surface area contributed by atoms with E-state index in [2.05, 4.69) is 345 Å². The zero-order chi connectivity index (χ0) is 79.4. The summed E-state index contributed by atoms with van der Waals surface area (Å²) in [7, 11) is 0. The van der Waals surface area contributed by atoms with Gasteiger partial charge in [0.05, 0.1) is 61.6 Å². The van der Waals surface area contributed by atoms with E-state index in [9.17, 15) is 0 Å². The Labute approximate surface area is 690 Å². The van der Waals surface area contributed by atoms with Gasteiger partial charge in [0.1, 0.15) is 0 Å². The average Bonchev–Trinajstić information content (AvgIpc) is 0.738. The van der Waals surface area contributed by atoms with E-state index in [-0.39, 0.29) is 0 Å². The van der Waals surface area contributed by atoms with Crippen LogP contribution in [0.2, 0.25) is 0 Å². The van der Waals surface area contributed by atoms with E-state index in [1.807, 2.05) is 91.6 Å². The molecule has 24 aromatic rings. The number of nitrogens with zero attached hydrogens (tertiary/aromatic N) is 9. The monoisotopic (exact) mass is 1530 g/mol. The van der Waals surface area contributed by atoms with Gasteiger partial charge in [0.2, 0.25) is 0 Å². The summed E-state index contributed by atoms with van der Waals surface area (Å²) >= 11 is 0. The van der Waals surface area contributed by atoms with Crippen molar-refractivity contribution in [1.29, 1.82) is 0 Å². The van der Waals surface area contributed by atoms with Crippen LogP contribution in [0, 0.1) is 0 Å². The Morgan fingerprint density at radius 2 is 0.450 bits per heavy atom. The SMILES string of the molecule is c1ccc(-c2cc(-c3ccc(-c4c5ccc6ccccc6c5nc5c4ccc4ccccc45)cc3)ccn2)nc1.c1ccc(-c2ccc(-c3ccc(-c4c5ccc6ccccc6c5nc5c4ccc4ccccc45)cc3)cn2)nc1.c1ccc(-c2cnccc2-c2ccc(-c3c4ccc5ccccc5c4nc4c3ccc3ccccc34)cc2)nc1. The number of rotatable bonds is 9. The van der Waals surface area contributed by atoms with Crippen LogP contribution in [-0.4, -0.2) is 44.9 Å². The molecule has 0 unspecified atom stereocenters. The molecule has 0 saturated carbocycles. The van der Waals surface area contributed by atoms with Gasteiger partial charge in [0.15, 0.2) is 0 Å². The van der Waals surface area contributed by atoms with Crippen molar-refractivity contribution < 1.29 is 0 Å². The lowest BCUT2D eigenvalue weighted by Gasteiger charge is -2.15. The Balaban J connectivity index is 0.000000108. The molecule has 24 rings (SSSR count). The highest BCUT2D eigenvalue weighted by Crippen LogP contribution is 2.46. The molecule has 0 aliphatic heterocycles. The van der Waals surface area contributed by atoms with Gasteiger partial charge >= 0.3 is 0 Å². The second-order valence-corrected chi connectivity index (χ2v) is 30.2. The molecule has 9 heterocycles. The fraction of sp³-hybridized carbons (Fsp3) is 0. The first-order chi connectivity index (χ1) is 59.5. The van der Waals surface area contributed by atoms with Gasteiger partial charge < -0.3 is 0 Å². The van der Waals surface area contributed by atoms with E-state index in [1.165, 1.54) is 98.0 Å². The standard InChI is InChI=1S/3C37H23N3/c1-3-9-29-25(7-1)16-19-31-35(32-20-17-26-8-2-4-10-30(26)37(32)40-36(29)31)27-14-12-24(13-15-27)28-18-21-34(39-23-28)33-11-5-6-22-38-33;1-3-9-29-25(7-1)16-18-31-35(32-19-17-26-8-2-4-10-30(26)37(32)40-36(29)31)27-14-12-24(13-15-27)28-20-22-39-34(23-28)33-11-5-6-21-38-33;1-3-9-29-24(7-1)16-18-31-35(32-19-17-25-8-2-4-10-30(25)37(32)40-36(29)31)27-14-12-26(13-15-27)28-20-22-38-23-33(28)34-11-5-6-21-39-34/h3*1-23H. The van der Waals surface area contributed by atoms with Crippen molar-refractivity contribution in [3.05, 3.63) is 419 Å². The Morgan fingerprint density at radius 1 is 0.150 bits per heavy atom. The summed E-state index contributed by atoms with van der Waals surface area (Å²) in [5.41, 5.74) is 25.5. The molecule has 0 atom stereocenters. The molecule has 0 radical (unpaired) electrons. The van der Waals surface area contributed by atoms with Crippen molar-refractivity contribution in [2.75, 3.05) is 0 Å². The van der Waals surface area contributed by atoms with E-state index in [0.717, 1.165) is 133 Å². The largest absolute Gasteiger partial charge is 0.264 e. The summed E-state index contributed by atoms with van der Waals surface area (Å²) in [6.07, 6.45) is 12.9. The molecular formula is C111H69N9. The molecule has 0 fully saturated rings. The molecule has 0 bridgehead atoms. The van der Waals surface area contributed by atoms with Crippen LogP contribution >= 0.6 is 0 Å². The van der Waals surface area contributed by atoms with Crippen LogP contribution < -0.4 is 0 Å². The van der Waals surface area contributed by atoms with Crippen LogP contribution in [0.1, 0.15) is 0 Å². The summed E-state index contributed by atoms with van der Waals surface area (Å²) in [6.45, 7) is 0. The minimum Gasteiger partial charge on any atom is -0.264 e. The van der Waals surface area contributed by atoms with E-state index in [1.54, 1.807) is 12.4 Å². The Kier molecular flexibility index (Phi) is 17.7. The maximum Gasteiger partial charge on any atom is 0.0892 e. The van der Waals surface area contributed by atoms with Crippen LogP contribution in [0.5, 0.6) is 0 Å². The number of benzene rings is 15. The predicted octanol–water partition coefficient (Wildman–Crippen LogP) is 28.5. The molecule has 15 aromatic carbocycles. The molecule has 0 saturated heterocycles. The number of pyridine rings is 9. The minimum absolute atomic E-state index is 0.868. The quantitative estimate of drug-likeness (QED) is 0.103. The van der Waals surface area contributed by atoms with Gasteiger partial charge in [-0.15, -0.1) is 0 Å². The van der Waals surface area contributed by atoms with Crippen LogP contribution in [0.15, 0.2) is 419 Å². The third kappa shape index (κ3) is 12.7. The van der Waals surface area contributed by atoms with Crippen LogP contribution in [-0.2, 0) is 0 Å². The Hall–Kier alpha value is -16.2. The molecule has 558 valence electrons. The van der Waals surface area contributed by atoms with E-state index >= 15 is 0 Å². The minimum atomic E-state index is 0.868. The first-order valence-corrected chi connectivity index (χ1v) is 40.3. The van der Waals surface area contributed by atoms with Crippen LogP contribution in [0.25, 0.3) is 231 Å². The highest BCUT2D eigenvalue weighted by atomic mass is 14.8. The van der Waals surface area contributed by atoms with Crippen LogP contribution in [0.3, 0.4) is 0 Å². The second-order valence-electron chi connectivity index (χ2n) is 30.2. The number of aromatic nitrogens is 9. The van der Waals surface area contributed by atoms with Crippen LogP contribution in [0.4, 0.5) is 0 Å². The summed E-state index contributed by atoms with van der Waals surface area (Å²) in [5, 5.41) is 21.2. The van der Waals surface area contributed by atoms with Crippen molar-refractivity contribution in [3.63, 3.8) is 0 Å². The molecule has 0 spiro atoms. The normalized spacial score (nSPS) is 11.5. The van der Waals surface area contributed by atoms with Crippen molar-refractivity contribution in [1.82, 2.24) is 44.9 Å². The first kappa shape index (κ1) is 70.4. The molecule has 0 N–H and O–H groups in total. The Morgan fingerprint density at radius 3 is 0.800 bits per heavy atom. The zero-order valence-electron chi connectivity index (χ0n) is 64.9. The fourth-order valence-electron chi connectivity index (χ4n) is 17.5. The van der Waals surface area contributed by atoms with Gasteiger partial charge in [-0.2, -0.15) is 0 Å². The Bertz CT molecular complexity index is 7830. The molecule has 0 amide bonds. The lowest BCUT2D eigenvalue weighted by Crippen LogP contribution is -1.92. The number of fused-ring (bicyclic) bond motifs is 18. The molecular weight excluding hydrogens is 1460 g/mol. The molecule has 120 heavy (non-hydrogen) atoms. The van der Waals surface area contributed by atoms with E-state index in [4.69, 9.17) is 15.0 Å². The van der Waals surface area contributed by atoms with Gasteiger partial charge in [-0.3, -0.25) is 29.9 Å². The maximum absolute atomic E-state index is 5.32. The lowest BCUT2D eigenvalue weighted by molar-refractivity contribution is 1.25. The van der Waals surface area contributed by atoms with Crippen molar-refractivity contribution in [3.8, 4) is 101 Å². The number of hydrogen-bond donors (Lipinski definition) is 0. The third-order valence-corrected chi connectivity index (χ3v) is 23.3. The maximum atomic E-state index is 5.32. The molecule has 9 heteroatoms. The lowest BCUT2D eigenvalue weighted by atomic mass is 9.91. The van der Waals surface area contributed by atoms with Gasteiger partial charge in [0, 0.05) is 136 Å². The molecule has 9 aromatic heterocycles.